The normalized spacial score (nSPS) is 11.4. The molecule has 0 saturated heterocycles. The molecule has 0 atom stereocenters. The van der Waals surface area contributed by atoms with Gasteiger partial charge in [0.2, 0.25) is 0 Å². The minimum absolute atomic E-state index is 0.0786. The second kappa shape index (κ2) is 5.63. The molecular weight excluding hydrogens is 341 g/mol. The van der Waals surface area contributed by atoms with Crippen LogP contribution in [0.3, 0.4) is 0 Å². The maximum atomic E-state index is 13.6. The van der Waals surface area contributed by atoms with E-state index in [0.717, 1.165) is 29.5 Å². The zero-order valence-electron chi connectivity index (χ0n) is 10.6. The molecule has 0 aliphatic carbocycles. The second-order valence-electron chi connectivity index (χ2n) is 4.13. The number of carbonyl (C=O) groups is 1. The molecule has 112 valence electrons. The molecule has 0 saturated carbocycles. The van der Waals surface area contributed by atoms with Gasteiger partial charge in [0.25, 0.3) is 10.0 Å². The molecule has 0 spiro atoms. The molecule has 1 aromatic carbocycles. The van der Waals surface area contributed by atoms with E-state index in [9.17, 15) is 17.6 Å². The SMILES string of the molecule is Cc1cc(S(=O)(=O)Nc2cc(C(=O)O)ccc2F)sc1Cl. The molecule has 0 aliphatic rings. The van der Waals surface area contributed by atoms with E-state index in [0.29, 0.717) is 9.90 Å². The first-order chi connectivity index (χ1) is 9.70. The van der Waals surface area contributed by atoms with Crippen LogP contribution in [0.4, 0.5) is 10.1 Å². The van der Waals surface area contributed by atoms with Crippen LogP contribution in [0.15, 0.2) is 28.5 Å². The van der Waals surface area contributed by atoms with Crippen molar-refractivity contribution in [3.8, 4) is 0 Å². The molecule has 1 heterocycles. The van der Waals surface area contributed by atoms with E-state index in [1.165, 1.54) is 6.07 Å². The Bertz CT molecular complexity index is 797. The van der Waals surface area contributed by atoms with Crippen LogP contribution >= 0.6 is 22.9 Å². The summed E-state index contributed by atoms with van der Waals surface area (Å²) >= 11 is 6.64. The van der Waals surface area contributed by atoms with Crippen molar-refractivity contribution in [1.29, 1.82) is 0 Å². The molecule has 5 nitrogen and oxygen atoms in total. The average molecular weight is 350 g/mol. The van der Waals surface area contributed by atoms with Gasteiger partial charge in [-0.2, -0.15) is 0 Å². The lowest BCUT2D eigenvalue weighted by atomic mass is 10.2. The van der Waals surface area contributed by atoms with Gasteiger partial charge in [0, 0.05) is 0 Å². The van der Waals surface area contributed by atoms with Crippen LogP contribution in [0, 0.1) is 12.7 Å². The minimum Gasteiger partial charge on any atom is -0.478 e. The lowest BCUT2D eigenvalue weighted by molar-refractivity contribution is 0.0697. The summed E-state index contributed by atoms with van der Waals surface area (Å²) in [7, 11) is -4.03. The molecule has 2 N–H and O–H groups in total. The van der Waals surface area contributed by atoms with Crippen LogP contribution in [0.5, 0.6) is 0 Å². The van der Waals surface area contributed by atoms with E-state index in [4.69, 9.17) is 16.7 Å². The van der Waals surface area contributed by atoms with Crippen LogP contribution in [-0.4, -0.2) is 19.5 Å². The number of aromatic carboxylic acids is 1. The summed E-state index contributed by atoms with van der Waals surface area (Å²) in [4.78, 5) is 10.8. The van der Waals surface area contributed by atoms with Crippen molar-refractivity contribution in [2.45, 2.75) is 11.1 Å². The fourth-order valence-electron chi connectivity index (χ4n) is 1.50. The summed E-state index contributed by atoms with van der Waals surface area (Å²) < 4.78 is 40.1. The van der Waals surface area contributed by atoms with Crippen molar-refractivity contribution in [2.24, 2.45) is 0 Å². The summed E-state index contributed by atoms with van der Waals surface area (Å²) in [5.41, 5.74) is -0.0756. The van der Waals surface area contributed by atoms with Crippen molar-refractivity contribution in [1.82, 2.24) is 0 Å². The molecule has 1 aromatic heterocycles. The summed E-state index contributed by atoms with van der Waals surface area (Å²) in [6.07, 6.45) is 0. The first-order valence-electron chi connectivity index (χ1n) is 5.52. The van der Waals surface area contributed by atoms with Crippen LogP contribution in [0.25, 0.3) is 0 Å². The largest absolute Gasteiger partial charge is 0.478 e. The van der Waals surface area contributed by atoms with E-state index in [-0.39, 0.29) is 9.77 Å². The van der Waals surface area contributed by atoms with E-state index >= 15 is 0 Å². The number of halogens is 2. The van der Waals surface area contributed by atoms with Crippen molar-refractivity contribution < 1.29 is 22.7 Å². The zero-order chi connectivity index (χ0) is 15.8. The van der Waals surface area contributed by atoms with Gasteiger partial charge >= 0.3 is 5.97 Å². The molecule has 9 heteroatoms. The Hall–Kier alpha value is -1.64. The highest BCUT2D eigenvalue weighted by Crippen LogP contribution is 2.31. The van der Waals surface area contributed by atoms with Crippen LogP contribution in [0.2, 0.25) is 4.34 Å². The third-order valence-electron chi connectivity index (χ3n) is 2.56. The maximum absolute atomic E-state index is 13.6. The number of benzene rings is 1. The second-order valence-corrected chi connectivity index (χ2v) is 7.69. The van der Waals surface area contributed by atoms with Crippen molar-refractivity contribution in [3.63, 3.8) is 0 Å². The van der Waals surface area contributed by atoms with Crippen LogP contribution < -0.4 is 4.72 Å². The zero-order valence-corrected chi connectivity index (χ0v) is 12.9. The molecule has 0 bridgehead atoms. The highest BCUT2D eigenvalue weighted by molar-refractivity contribution is 7.94. The molecule has 2 rings (SSSR count). The van der Waals surface area contributed by atoms with Gasteiger partial charge in [-0.3, -0.25) is 4.72 Å². The van der Waals surface area contributed by atoms with E-state index in [2.05, 4.69) is 0 Å². The number of sulfonamides is 1. The van der Waals surface area contributed by atoms with Crippen molar-refractivity contribution >= 4 is 44.6 Å². The van der Waals surface area contributed by atoms with Gasteiger partial charge in [-0.1, -0.05) is 11.6 Å². The molecular formula is C12H9ClFNO4S2. The Balaban J connectivity index is 2.41. The summed E-state index contributed by atoms with van der Waals surface area (Å²) in [5.74, 6) is -2.16. The number of thiophene rings is 1. The first-order valence-corrected chi connectivity index (χ1v) is 8.20. The minimum atomic E-state index is -4.03. The van der Waals surface area contributed by atoms with Crippen LogP contribution in [-0.2, 0) is 10.0 Å². The van der Waals surface area contributed by atoms with Crippen molar-refractivity contribution in [2.75, 3.05) is 4.72 Å². The van der Waals surface area contributed by atoms with Gasteiger partial charge in [0.05, 0.1) is 15.6 Å². The third-order valence-corrected chi connectivity index (χ3v) is 5.95. The average Bonchev–Trinajstić information content (AvgIpc) is 2.73. The van der Waals surface area contributed by atoms with E-state index in [1.807, 2.05) is 4.72 Å². The Labute approximate surface area is 129 Å². The van der Waals surface area contributed by atoms with E-state index < -0.39 is 27.5 Å². The topological polar surface area (TPSA) is 83.5 Å². The molecule has 0 unspecified atom stereocenters. The third kappa shape index (κ3) is 3.34. The highest BCUT2D eigenvalue weighted by atomic mass is 35.5. The number of anilines is 1. The Kier molecular flexibility index (Phi) is 4.22. The summed E-state index contributed by atoms with van der Waals surface area (Å²) in [6, 6.07) is 4.20. The lowest BCUT2D eigenvalue weighted by Gasteiger charge is -2.08. The standard InChI is InChI=1S/C12H9ClFNO4S2/c1-6-4-10(20-11(6)13)21(18,19)15-9-5-7(12(16)17)2-3-8(9)14/h2-5,15H,1H3,(H,16,17). The van der Waals surface area contributed by atoms with Gasteiger partial charge in [0.15, 0.2) is 0 Å². The molecule has 0 aliphatic heterocycles. The number of hydrogen-bond acceptors (Lipinski definition) is 4. The molecule has 0 amide bonds. The Morgan fingerprint density at radius 1 is 1.38 bits per heavy atom. The Morgan fingerprint density at radius 3 is 2.57 bits per heavy atom. The van der Waals surface area contributed by atoms with Crippen molar-refractivity contribution in [3.05, 3.63) is 45.5 Å². The van der Waals surface area contributed by atoms with Crippen LogP contribution in [0.1, 0.15) is 15.9 Å². The van der Waals surface area contributed by atoms with E-state index in [1.54, 1.807) is 6.92 Å². The summed E-state index contributed by atoms with van der Waals surface area (Å²) in [5, 5.41) is 8.84. The quantitative estimate of drug-likeness (QED) is 0.886. The Morgan fingerprint density at radius 2 is 2.05 bits per heavy atom. The fourth-order valence-corrected chi connectivity index (χ4v) is 4.26. The first kappa shape index (κ1) is 15.7. The monoisotopic (exact) mass is 349 g/mol. The number of nitrogens with one attached hydrogen (secondary N) is 1. The lowest BCUT2D eigenvalue weighted by Crippen LogP contribution is -2.13. The number of carboxylic acid groups (broad SMARTS) is 1. The van der Waals surface area contributed by atoms with Gasteiger partial charge in [-0.15, -0.1) is 11.3 Å². The highest BCUT2D eigenvalue weighted by Gasteiger charge is 2.21. The number of carboxylic acids is 1. The smallest absolute Gasteiger partial charge is 0.335 e. The number of hydrogen-bond donors (Lipinski definition) is 2. The molecule has 0 fully saturated rings. The molecule has 21 heavy (non-hydrogen) atoms. The molecule has 2 aromatic rings. The number of rotatable bonds is 4. The number of aryl methyl sites for hydroxylation is 1. The predicted molar refractivity (Wildman–Crippen MR) is 78.2 cm³/mol. The molecule has 0 radical (unpaired) electrons. The maximum Gasteiger partial charge on any atom is 0.335 e. The van der Waals surface area contributed by atoms with Gasteiger partial charge in [-0.25, -0.2) is 17.6 Å². The predicted octanol–water partition coefficient (Wildman–Crippen LogP) is 3.35. The fraction of sp³-hybridized carbons (Fsp3) is 0.0833. The van der Waals surface area contributed by atoms with Gasteiger partial charge in [0.1, 0.15) is 10.0 Å². The summed E-state index contributed by atoms with van der Waals surface area (Å²) in [6.45, 7) is 1.64. The van der Waals surface area contributed by atoms with Gasteiger partial charge in [-0.05, 0) is 36.8 Å². The van der Waals surface area contributed by atoms with Gasteiger partial charge < -0.3 is 5.11 Å².